The number of carbonyl (C=O) groups excluding carboxylic acids is 1. The minimum atomic E-state index is -0.244. The summed E-state index contributed by atoms with van der Waals surface area (Å²) in [4.78, 5) is 36.3. The van der Waals surface area contributed by atoms with E-state index < -0.39 is 0 Å². The van der Waals surface area contributed by atoms with Crippen LogP contribution in [0.1, 0.15) is 41.9 Å². The summed E-state index contributed by atoms with van der Waals surface area (Å²) in [7, 11) is 0. The van der Waals surface area contributed by atoms with Crippen molar-refractivity contribution < 1.29 is 9.53 Å². The molecular formula is C29H30N4O3S. The smallest absolute Gasteiger partial charge is 0.263 e. The third-order valence-electron chi connectivity index (χ3n) is 7.14. The van der Waals surface area contributed by atoms with Gasteiger partial charge in [-0.2, -0.15) is 0 Å². The van der Waals surface area contributed by atoms with E-state index in [1.807, 2.05) is 42.5 Å². The molecule has 0 spiro atoms. The lowest BCUT2D eigenvalue weighted by atomic mass is 9.97. The molecule has 2 aromatic heterocycles. The highest BCUT2D eigenvalue weighted by Crippen LogP contribution is 2.34. The topological polar surface area (TPSA) is 76.5 Å². The second kappa shape index (κ2) is 10.5. The summed E-state index contributed by atoms with van der Waals surface area (Å²) >= 11 is 1.66. The van der Waals surface area contributed by atoms with Crippen LogP contribution in [0.4, 0.5) is 5.69 Å². The maximum absolute atomic E-state index is 13.8. The van der Waals surface area contributed by atoms with Crippen molar-refractivity contribution in [2.24, 2.45) is 0 Å². The van der Waals surface area contributed by atoms with E-state index >= 15 is 0 Å². The molecular weight excluding hydrogens is 484 g/mol. The fourth-order valence-corrected chi connectivity index (χ4v) is 6.55. The first-order valence-corrected chi connectivity index (χ1v) is 13.8. The molecule has 8 heteroatoms. The molecule has 0 radical (unpaired) electrons. The van der Waals surface area contributed by atoms with Crippen molar-refractivity contribution in [3.8, 4) is 11.5 Å². The Hall–Kier alpha value is -3.49. The average molecular weight is 515 g/mol. The lowest BCUT2D eigenvalue weighted by Crippen LogP contribution is -2.33. The second-order valence-corrected chi connectivity index (χ2v) is 10.9. The van der Waals surface area contributed by atoms with Gasteiger partial charge < -0.3 is 10.1 Å². The summed E-state index contributed by atoms with van der Waals surface area (Å²) in [6.45, 7) is 2.53. The van der Waals surface area contributed by atoms with Crippen LogP contribution in [0.25, 0.3) is 10.2 Å². The monoisotopic (exact) mass is 514 g/mol. The molecule has 1 saturated heterocycles. The molecule has 37 heavy (non-hydrogen) atoms. The van der Waals surface area contributed by atoms with Gasteiger partial charge >= 0.3 is 0 Å². The number of nitrogens with one attached hydrogen (secondary N) is 1. The van der Waals surface area contributed by atoms with E-state index in [2.05, 4.69) is 10.2 Å². The highest BCUT2D eigenvalue weighted by Gasteiger charge is 2.24. The lowest BCUT2D eigenvalue weighted by molar-refractivity contribution is -0.116. The summed E-state index contributed by atoms with van der Waals surface area (Å²) in [6.07, 6.45) is 6.50. The van der Waals surface area contributed by atoms with E-state index in [-0.39, 0.29) is 18.0 Å². The fraction of sp³-hybridized carbons (Fsp3) is 0.345. The number of para-hydroxylation sites is 1. The number of benzene rings is 2. The quantitative estimate of drug-likeness (QED) is 0.359. The zero-order chi connectivity index (χ0) is 25.2. The molecule has 1 amide bonds. The molecule has 0 bridgehead atoms. The van der Waals surface area contributed by atoms with Gasteiger partial charge in [-0.15, -0.1) is 11.3 Å². The number of rotatable bonds is 7. The minimum absolute atomic E-state index is 0.0577. The van der Waals surface area contributed by atoms with Crippen LogP contribution in [-0.4, -0.2) is 33.4 Å². The zero-order valence-corrected chi connectivity index (χ0v) is 21.6. The number of aromatic nitrogens is 2. The van der Waals surface area contributed by atoms with Gasteiger partial charge in [-0.1, -0.05) is 18.2 Å². The first-order chi connectivity index (χ1) is 18.1. The van der Waals surface area contributed by atoms with Gasteiger partial charge in [-0.05, 0) is 93.6 Å². The summed E-state index contributed by atoms with van der Waals surface area (Å²) < 4.78 is 7.44. The van der Waals surface area contributed by atoms with E-state index in [4.69, 9.17) is 9.72 Å². The summed E-state index contributed by atoms with van der Waals surface area (Å²) in [5.74, 6) is 1.87. The Morgan fingerprint density at radius 1 is 0.946 bits per heavy atom. The Kier molecular flexibility index (Phi) is 6.76. The number of hydrogen-bond acceptors (Lipinski definition) is 6. The Bertz CT molecular complexity index is 1470. The van der Waals surface area contributed by atoms with E-state index in [9.17, 15) is 9.59 Å². The Labute approximate surface area is 219 Å². The zero-order valence-electron chi connectivity index (χ0n) is 20.7. The Morgan fingerprint density at radius 3 is 2.46 bits per heavy atom. The first-order valence-electron chi connectivity index (χ1n) is 13.0. The van der Waals surface area contributed by atoms with Crippen molar-refractivity contribution in [2.75, 3.05) is 18.4 Å². The number of amides is 1. The number of aryl methyl sites for hydroxylation is 2. The van der Waals surface area contributed by atoms with Crippen LogP contribution in [-0.2, 0) is 30.7 Å². The molecule has 2 aromatic carbocycles. The van der Waals surface area contributed by atoms with Gasteiger partial charge in [-0.3, -0.25) is 19.1 Å². The third-order valence-corrected chi connectivity index (χ3v) is 8.32. The van der Waals surface area contributed by atoms with Crippen LogP contribution in [0.3, 0.4) is 0 Å². The number of ether oxygens (including phenoxy) is 1. The standard InChI is InChI=1S/C29H30N4O3S/c34-26(30-20-12-14-22(15-13-20)36-21-8-2-1-3-9-21)19-33-25(18-32-16-6-7-17-32)31-28-27(29(33)35)23-10-4-5-11-24(23)37-28/h1-3,8-9,12-15H,4-7,10-11,16-19H2,(H,30,34). The van der Waals surface area contributed by atoms with Crippen molar-refractivity contribution in [1.82, 2.24) is 14.5 Å². The fourth-order valence-electron chi connectivity index (χ4n) is 5.28. The molecule has 1 aliphatic carbocycles. The Morgan fingerprint density at radius 2 is 1.68 bits per heavy atom. The van der Waals surface area contributed by atoms with Gasteiger partial charge in [0, 0.05) is 10.6 Å². The van der Waals surface area contributed by atoms with Gasteiger partial charge in [0.25, 0.3) is 5.56 Å². The van der Waals surface area contributed by atoms with Crippen LogP contribution >= 0.6 is 11.3 Å². The molecule has 4 aromatic rings. The number of hydrogen-bond donors (Lipinski definition) is 1. The number of thiophene rings is 1. The summed E-state index contributed by atoms with van der Waals surface area (Å²) in [6, 6.07) is 16.8. The molecule has 7 nitrogen and oxygen atoms in total. The predicted octanol–water partition coefficient (Wildman–Crippen LogP) is 5.36. The number of nitrogens with zero attached hydrogens (tertiary/aromatic N) is 3. The van der Waals surface area contributed by atoms with E-state index in [1.54, 1.807) is 28.0 Å². The van der Waals surface area contributed by atoms with E-state index in [0.717, 1.165) is 73.1 Å². The predicted molar refractivity (Wildman–Crippen MR) is 147 cm³/mol. The Balaban J connectivity index is 1.24. The molecule has 1 N–H and O–H groups in total. The van der Waals surface area contributed by atoms with Crippen LogP contribution in [0.15, 0.2) is 59.4 Å². The maximum Gasteiger partial charge on any atom is 0.263 e. The lowest BCUT2D eigenvalue weighted by Gasteiger charge is -2.18. The van der Waals surface area contributed by atoms with Crippen LogP contribution in [0, 0.1) is 0 Å². The van der Waals surface area contributed by atoms with Gasteiger partial charge in [0.1, 0.15) is 28.7 Å². The maximum atomic E-state index is 13.8. The van der Waals surface area contributed by atoms with Gasteiger partial charge in [0.05, 0.1) is 11.9 Å². The van der Waals surface area contributed by atoms with E-state index in [1.165, 1.54) is 4.88 Å². The summed E-state index contributed by atoms with van der Waals surface area (Å²) in [5, 5.41) is 3.66. The van der Waals surface area contributed by atoms with Gasteiger partial charge in [0.15, 0.2) is 0 Å². The van der Waals surface area contributed by atoms with Crippen molar-refractivity contribution in [3.05, 3.63) is 81.2 Å². The second-order valence-electron chi connectivity index (χ2n) is 9.78. The molecule has 3 heterocycles. The van der Waals surface area contributed by atoms with Crippen molar-refractivity contribution in [2.45, 2.75) is 51.6 Å². The number of fused-ring (bicyclic) bond motifs is 3. The highest BCUT2D eigenvalue weighted by molar-refractivity contribution is 7.18. The largest absolute Gasteiger partial charge is 0.457 e. The SMILES string of the molecule is O=C(Cn1c(CN2CCCC2)nc2sc3c(c2c1=O)CCCC3)Nc1ccc(Oc2ccccc2)cc1. The van der Waals surface area contributed by atoms with Crippen molar-refractivity contribution in [1.29, 1.82) is 0 Å². The van der Waals surface area contributed by atoms with Crippen molar-refractivity contribution in [3.63, 3.8) is 0 Å². The van der Waals surface area contributed by atoms with Crippen LogP contribution in [0.2, 0.25) is 0 Å². The van der Waals surface area contributed by atoms with Gasteiger partial charge in [0.2, 0.25) is 5.91 Å². The van der Waals surface area contributed by atoms with Crippen molar-refractivity contribution >= 4 is 33.1 Å². The summed E-state index contributed by atoms with van der Waals surface area (Å²) in [5.41, 5.74) is 1.72. The molecule has 2 aliphatic rings. The molecule has 190 valence electrons. The number of likely N-dealkylation sites (tertiary alicyclic amines) is 1. The third kappa shape index (κ3) is 5.17. The van der Waals surface area contributed by atoms with Crippen LogP contribution in [0.5, 0.6) is 11.5 Å². The minimum Gasteiger partial charge on any atom is -0.457 e. The molecule has 0 unspecified atom stereocenters. The normalized spacial score (nSPS) is 15.6. The van der Waals surface area contributed by atoms with Crippen LogP contribution < -0.4 is 15.6 Å². The average Bonchev–Trinajstić information content (AvgIpc) is 3.56. The van der Waals surface area contributed by atoms with E-state index in [0.29, 0.717) is 23.8 Å². The number of carbonyl (C=O) groups is 1. The first kappa shape index (κ1) is 23.9. The molecule has 1 aliphatic heterocycles. The molecule has 0 atom stereocenters. The molecule has 6 rings (SSSR count). The number of anilines is 1. The van der Waals surface area contributed by atoms with Gasteiger partial charge in [-0.25, -0.2) is 4.98 Å². The highest BCUT2D eigenvalue weighted by atomic mass is 32.1. The molecule has 0 saturated carbocycles. The molecule has 1 fully saturated rings.